The van der Waals surface area contributed by atoms with Crippen LogP contribution < -0.4 is 11.3 Å². The molecule has 0 bridgehead atoms. The predicted octanol–water partition coefficient (Wildman–Crippen LogP) is 2.30. The fourth-order valence-corrected chi connectivity index (χ4v) is 2.39. The molecule has 0 aliphatic carbocycles. The number of hydrazine groups is 1. The van der Waals surface area contributed by atoms with Crippen molar-refractivity contribution in [2.24, 2.45) is 5.84 Å². The molecule has 0 saturated heterocycles. The number of amides is 1. The Morgan fingerprint density at radius 2 is 1.68 bits per heavy atom. The maximum absolute atomic E-state index is 11.8. The van der Waals surface area contributed by atoms with E-state index >= 15 is 0 Å². The molecule has 4 N–H and O–H groups in total. The van der Waals surface area contributed by atoms with E-state index in [4.69, 9.17) is 5.84 Å². The lowest BCUT2D eigenvalue weighted by molar-refractivity contribution is 0.0953. The van der Waals surface area contributed by atoms with Crippen molar-refractivity contribution in [3.8, 4) is 5.75 Å². The van der Waals surface area contributed by atoms with E-state index in [1.54, 1.807) is 6.07 Å². The Labute approximate surface area is 109 Å². The molecule has 0 heterocycles. The maximum Gasteiger partial charge on any atom is 0.269 e. The number of hydrogen-bond acceptors (Lipinski definition) is 3. The number of phenolic OH excluding ortho intramolecular Hbond substituents is 1. The van der Waals surface area contributed by atoms with Gasteiger partial charge in [-0.3, -0.25) is 10.2 Å². The second-order valence-electron chi connectivity index (χ2n) is 4.31. The Morgan fingerprint density at radius 1 is 0.947 bits per heavy atom. The van der Waals surface area contributed by atoms with E-state index in [-0.39, 0.29) is 11.3 Å². The number of phenols is 1. The average molecular weight is 252 g/mol. The number of fused-ring (bicyclic) bond motifs is 3. The summed E-state index contributed by atoms with van der Waals surface area (Å²) in [7, 11) is 0. The molecule has 4 heteroatoms. The normalized spacial score (nSPS) is 10.8. The number of rotatable bonds is 1. The summed E-state index contributed by atoms with van der Waals surface area (Å²) in [5, 5.41) is 13.6. The van der Waals surface area contributed by atoms with Crippen LogP contribution in [0.1, 0.15) is 10.4 Å². The standard InChI is InChI=1S/C15H12N2O2/c16-17-15(19)14-12-6-5-9-3-1-2-4-10(9)11(12)7-8-13(14)18/h1-8,18H,16H2,(H,17,19). The SMILES string of the molecule is NNC(=O)c1c(O)ccc2c1ccc1ccccc12. The number of nitrogen functional groups attached to an aromatic ring is 1. The summed E-state index contributed by atoms with van der Waals surface area (Å²) >= 11 is 0. The number of nitrogens with one attached hydrogen (secondary N) is 1. The molecule has 19 heavy (non-hydrogen) atoms. The van der Waals surface area contributed by atoms with Crippen LogP contribution in [0.25, 0.3) is 21.5 Å². The van der Waals surface area contributed by atoms with Crippen molar-refractivity contribution in [3.63, 3.8) is 0 Å². The molecule has 0 radical (unpaired) electrons. The fourth-order valence-electron chi connectivity index (χ4n) is 2.39. The van der Waals surface area contributed by atoms with Crippen LogP contribution in [0, 0.1) is 0 Å². The first-order chi connectivity index (χ1) is 9.22. The Kier molecular flexibility index (Phi) is 2.58. The topological polar surface area (TPSA) is 75.3 Å². The summed E-state index contributed by atoms with van der Waals surface area (Å²) in [5.41, 5.74) is 2.26. The Morgan fingerprint density at radius 3 is 2.47 bits per heavy atom. The van der Waals surface area contributed by atoms with E-state index in [0.29, 0.717) is 5.39 Å². The summed E-state index contributed by atoms with van der Waals surface area (Å²) in [4.78, 5) is 11.8. The van der Waals surface area contributed by atoms with Gasteiger partial charge >= 0.3 is 0 Å². The quantitative estimate of drug-likeness (QED) is 0.269. The number of benzene rings is 3. The molecule has 4 nitrogen and oxygen atoms in total. The second kappa shape index (κ2) is 4.26. The Hall–Kier alpha value is -2.59. The molecule has 0 unspecified atom stereocenters. The molecule has 1 amide bonds. The van der Waals surface area contributed by atoms with Gasteiger partial charge < -0.3 is 5.11 Å². The maximum atomic E-state index is 11.8. The minimum atomic E-state index is -0.501. The number of nitrogens with two attached hydrogens (primary N) is 1. The zero-order valence-electron chi connectivity index (χ0n) is 10.1. The van der Waals surface area contributed by atoms with Gasteiger partial charge in [-0.2, -0.15) is 0 Å². The van der Waals surface area contributed by atoms with Crippen molar-refractivity contribution >= 4 is 27.5 Å². The van der Waals surface area contributed by atoms with Gasteiger partial charge in [-0.15, -0.1) is 0 Å². The van der Waals surface area contributed by atoms with Crippen LogP contribution in [0.4, 0.5) is 0 Å². The lowest BCUT2D eigenvalue weighted by Gasteiger charge is -2.10. The first-order valence-corrected chi connectivity index (χ1v) is 5.87. The molecule has 0 saturated carbocycles. The third-order valence-corrected chi connectivity index (χ3v) is 3.26. The lowest BCUT2D eigenvalue weighted by Crippen LogP contribution is -2.30. The first-order valence-electron chi connectivity index (χ1n) is 5.87. The highest BCUT2D eigenvalue weighted by Crippen LogP contribution is 2.32. The molecule has 0 atom stereocenters. The smallest absolute Gasteiger partial charge is 0.269 e. The summed E-state index contributed by atoms with van der Waals surface area (Å²) in [6.07, 6.45) is 0. The van der Waals surface area contributed by atoms with Crippen LogP contribution in [-0.2, 0) is 0 Å². The summed E-state index contributed by atoms with van der Waals surface area (Å²) in [6.45, 7) is 0. The highest BCUT2D eigenvalue weighted by atomic mass is 16.3. The molecule has 0 aliphatic heterocycles. The van der Waals surface area contributed by atoms with Gasteiger partial charge in [0.2, 0.25) is 0 Å². The average Bonchev–Trinajstić information content (AvgIpc) is 2.46. The number of hydrogen-bond donors (Lipinski definition) is 3. The van der Waals surface area contributed by atoms with Crippen LogP contribution in [0.15, 0.2) is 48.5 Å². The fraction of sp³-hybridized carbons (Fsp3) is 0. The molecule has 0 fully saturated rings. The number of aromatic hydroxyl groups is 1. The predicted molar refractivity (Wildman–Crippen MR) is 74.8 cm³/mol. The minimum Gasteiger partial charge on any atom is -0.507 e. The van der Waals surface area contributed by atoms with E-state index in [1.165, 1.54) is 6.07 Å². The lowest BCUT2D eigenvalue weighted by atomic mass is 9.97. The first kappa shape index (κ1) is 11.5. The van der Waals surface area contributed by atoms with Gasteiger partial charge in [0.15, 0.2) is 0 Å². The largest absolute Gasteiger partial charge is 0.507 e. The van der Waals surface area contributed by atoms with E-state index in [1.807, 2.05) is 36.4 Å². The molecule has 0 aromatic heterocycles. The van der Waals surface area contributed by atoms with Crippen LogP contribution in [0.2, 0.25) is 0 Å². The van der Waals surface area contributed by atoms with Crippen LogP contribution in [-0.4, -0.2) is 11.0 Å². The van der Waals surface area contributed by atoms with Gasteiger partial charge in [0.1, 0.15) is 5.75 Å². The van der Waals surface area contributed by atoms with Gasteiger partial charge in [0, 0.05) is 0 Å². The van der Waals surface area contributed by atoms with Crippen LogP contribution >= 0.6 is 0 Å². The van der Waals surface area contributed by atoms with Gasteiger partial charge in [-0.25, -0.2) is 5.84 Å². The van der Waals surface area contributed by atoms with E-state index in [2.05, 4.69) is 5.43 Å². The molecule has 0 aliphatic rings. The van der Waals surface area contributed by atoms with E-state index in [0.717, 1.165) is 16.2 Å². The molecule has 3 aromatic carbocycles. The zero-order chi connectivity index (χ0) is 13.4. The van der Waals surface area contributed by atoms with Crippen molar-refractivity contribution in [2.45, 2.75) is 0 Å². The Balaban J connectivity index is 2.47. The van der Waals surface area contributed by atoms with E-state index in [9.17, 15) is 9.90 Å². The third kappa shape index (κ3) is 1.70. The van der Waals surface area contributed by atoms with Crippen molar-refractivity contribution in [1.82, 2.24) is 5.43 Å². The summed E-state index contributed by atoms with van der Waals surface area (Å²) in [5.74, 6) is 4.59. The minimum absolute atomic E-state index is 0.0780. The van der Waals surface area contributed by atoms with Crippen molar-refractivity contribution in [1.29, 1.82) is 0 Å². The van der Waals surface area contributed by atoms with Crippen molar-refractivity contribution in [2.75, 3.05) is 0 Å². The van der Waals surface area contributed by atoms with Crippen molar-refractivity contribution in [3.05, 3.63) is 54.1 Å². The highest BCUT2D eigenvalue weighted by molar-refractivity contribution is 6.16. The number of carbonyl (C=O) groups is 1. The zero-order valence-corrected chi connectivity index (χ0v) is 10.1. The van der Waals surface area contributed by atoms with Crippen LogP contribution in [0.3, 0.4) is 0 Å². The van der Waals surface area contributed by atoms with Gasteiger partial charge in [0.25, 0.3) is 5.91 Å². The Bertz CT molecular complexity index is 797. The third-order valence-electron chi connectivity index (χ3n) is 3.26. The van der Waals surface area contributed by atoms with Gasteiger partial charge in [-0.05, 0) is 27.6 Å². The van der Waals surface area contributed by atoms with Gasteiger partial charge in [0.05, 0.1) is 5.56 Å². The molecule has 94 valence electrons. The van der Waals surface area contributed by atoms with E-state index < -0.39 is 5.91 Å². The van der Waals surface area contributed by atoms with Crippen LogP contribution in [0.5, 0.6) is 5.75 Å². The highest BCUT2D eigenvalue weighted by Gasteiger charge is 2.15. The van der Waals surface area contributed by atoms with Gasteiger partial charge in [-0.1, -0.05) is 42.5 Å². The summed E-state index contributed by atoms with van der Waals surface area (Å²) in [6, 6.07) is 15.0. The second-order valence-corrected chi connectivity index (χ2v) is 4.31. The summed E-state index contributed by atoms with van der Waals surface area (Å²) < 4.78 is 0. The monoisotopic (exact) mass is 252 g/mol. The molecule has 0 spiro atoms. The van der Waals surface area contributed by atoms with Crippen molar-refractivity contribution < 1.29 is 9.90 Å². The molecule has 3 rings (SSSR count). The molecular weight excluding hydrogens is 240 g/mol. The number of carbonyl (C=O) groups excluding carboxylic acids is 1. The molecule has 3 aromatic rings. The molecular formula is C15H12N2O2.